The van der Waals surface area contributed by atoms with Crippen molar-refractivity contribution in [2.24, 2.45) is 0 Å². The molecule has 2 aromatic rings. The van der Waals surface area contributed by atoms with Gasteiger partial charge in [0.25, 0.3) is 0 Å². The number of anilines is 2. The maximum atomic E-state index is 13.2. The van der Waals surface area contributed by atoms with Crippen LogP contribution in [-0.4, -0.2) is 28.6 Å². The molecule has 0 saturated heterocycles. The summed E-state index contributed by atoms with van der Waals surface area (Å²) in [6, 6.07) is 7.67. The van der Waals surface area contributed by atoms with E-state index in [4.69, 9.17) is 0 Å². The van der Waals surface area contributed by atoms with Crippen LogP contribution in [0.2, 0.25) is 0 Å². The number of nitrogens with zero attached hydrogens (tertiary/aromatic N) is 3. The Bertz CT molecular complexity index is 877. The van der Waals surface area contributed by atoms with Crippen LogP contribution >= 0.6 is 0 Å². The molecule has 1 aromatic heterocycles. The highest BCUT2D eigenvalue weighted by molar-refractivity contribution is 6.15. The van der Waals surface area contributed by atoms with Crippen molar-refractivity contribution in [1.82, 2.24) is 9.78 Å². The van der Waals surface area contributed by atoms with Crippen molar-refractivity contribution in [3.63, 3.8) is 0 Å². The Morgan fingerprint density at radius 1 is 1.17 bits per heavy atom. The van der Waals surface area contributed by atoms with Crippen molar-refractivity contribution in [2.75, 3.05) is 17.3 Å². The topological polar surface area (TPSA) is 67.2 Å². The monoisotopic (exact) mass is 324 g/mol. The number of benzene rings is 1. The third kappa shape index (κ3) is 1.68. The average molecular weight is 324 g/mol. The number of carbonyl (C=O) groups is 2. The average Bonchev–Trinajstić information content (AvgIpc) is 3.03. The number of aromatic nitrogens is 2. The fourth-order valence-corrected chi connectivity index (χ4v) is 3.87. The Morgan fingerprint density at radius 3 is 2.58 bits per heavy atom. The summed E-state index contributed by atoms with van der Waals surface area (Å²) in [5.74, 6) is 0.386. The minimum Gasteiger partial charge on any atom is -0.314 e. The largest absolute Gasteiger partial charge is 0.314 e. The van der Waals surface area contributed by atoms with Crippen molar-refractivity contribution in [2.45, 2.75) is 38.1 Å². The van der Waals surface area contributed by atoms with Gasteiger partial charge >= 0.3 is 0 Å². The molecular formula is C18H20N4O2. The number of likely N-dealkylation sites (N-methyl/N-ethyl adjacent to an activating group) is 1. The highest BCUT2D eigenvalue weighted by Gasteiger charge is 2.56. The summed E-state index contributed by atoms with van der Waals surface area (Å²) < 4.78 is 1.79. The number of fused-ring (bicyclic) bond motifs is 4. The summed E-state index contributed by atoms with van der Waals surface area (Å²) in [7, 11) is 1.76. The molecule has 24 heavy (non-hydrogen) atoms. The SMILES string of the molecule is CN1C(=O)C2(CC(=O)Nc3c2cnn3C(C)(C)C)c2ccccc21. The minimum absolute atomic E-state index is 0.0757. The first-order chi connectivity index (χ1) is 11.3. The predicted octanol–water partition coefficient (Wildman–Crippen LogP) is 2.24. The number of hydrogen-bond donors (Lipinski definition) is 1. The number of para-hydroxylation sites is 1. The van der Waals surface area contributed by atoms with E-state index < -0.39 is 5.41 Å². The Morgan fingerprint density at radius 2 is 1.88 bits per heavy atom. The zero-order chi connectivity index (χ0) is 17.3. The van der Waals surface area contributed by atoms with E-state index in [1.54, 1.807) is 22.8 Å². The molecule has 4 rings (SSSR count). The molecule has 0 fully saturated rings. The second-order valence-electron chi connectivity index (χ2n) is 7.50. The molecule has 0 radical (unpaired) electrons. The van der Waals surface area contributed by atoms with E-state index in [1.807, 2.05) is 45.0 Å². The van der Waals surface area contributed by atoms with Crippen molar-refractivity contribution in [3.05, 3.63) is 41.6 Å². The predicted molar refractivity (Wildman–Crippen MR) is 91.1 cm³/mol. The van der Waals surface area contributed by atoms with Crippen LogP contribution in [0, 0.1) is 0 Å². The molecule has 2 amide bonds. The lowest BCUT2D eigenvalue weighted by Crippen LogP contribution is -2.46. The van der Waals surface area contributed by atoms with Gasteiger partial charge in [-0.25, -0.2) is 4.68 Å². The zero-order valence-electron chi connectivity index (χ0n) is 14.3. The maximum Gasteiger partial charge on any atom is 0.242 e. The van der Waals surface area contributed by atoms with Gasteiger partial charge in [0.15, 0.2) is 0 Å². The van der Waals surface area contributed by atoms with Gasteiger partial charge in [-0.05, 0) is 32.4 Å². The lowest BCUT2D eigenvalue weighted by atomic mass is 9.72. The zero-order valence-corrected chi connectivity index (χ0v) is 14.3. The van der Waals surface area contributed by atoms with E-state index >= 15 is 0 Å². The van der Waals surface area contributed by atoms with Crippen LogP contribution in [-0.2, 0) is 20.5 Å². The molecule has 2 aliphatic heterocycles. The summed E-state index contributed by atoms with van der Waals surface area (Å²) in [6.07, 6.45) is 1.84. The molecule has 6 nitrogen and oxygen atoms in total. The molecule has 1 spiro atoms. The summed E-state index contributed by atoms with van der Waals surface area (Å²) in [6.45, 7) is 6.05. The van der Waals surface area contributed by atoms with Crippen LogP contribution in [0.4, 0.5) is 11.5 Å². The van der Waals surface area contributed by atoms with Gasteiger partial charge < -0.3 is 10.2 Å². The van der Waals surface area contributed by atoms with Gasteiger partial charge in [-0.15, -0.1) is 0 Å². The van der Waals surface area contributed by atoms with Crippen LogP contribution in [0.15, 0.2) is 30.5 Å². The van der Waals surface area contributed by atoms with E-state index in [1.165, 1.54) is 0 Å². The molecule has 0 saturated carbocycles. The molecule has 0 bridgehead atoms. The van der Waals surface area contributed by atoms with Gasteiger partial charge in [-0.2, -0.15) is 5.10 Å². The molecular weight excluding hydrogens is 304 g/mol. The lowest BCUT2D eigenvalue weighted by Gasteiger charge is -2.33. The molecule has 1 unspecified atom stereocenters. The third-order valence-corrected chi connectivity index (χ3v) is 4.94. The van der Waals surface area contributed by atoms with E-state index in [-0.39, 0.29) is 23.8 Å². The molecule has 6 heteroatoms. The maximum absolute atomic E-state index is 13.2. The first kappa shape index (κ1) is 14.9. The summed E-state index contributed by atoms with van der Waals surface area (Å²) in [5, 5.41) is 7.41. The quantitative estimate of drug-likeness (QED) is 0.808. The van der Waals surface area contributed by atoms with Crippen LogP contribution in [0.5, 0.6) is 0 Å². The van der Waals surface area contributed by atoms with Crippen molar-refractivity contribution in [1.29, 1.82) is 0 Å². The highest BCUT2D eigenvalue weighted by Crippen LogP contribution is 2.52. The lowest BCUT2D eigenvalue weighted by molar-refractivity contribution is -0.126. The van der Waals surface area contributed by atoms with E-state index in [0.29, 0.717) is 5.82 Å². The first-order valence-electron chi connectivity index (χ1n) is 8.03. The van der Waals surface area contributed by atoms with E-state index in [0.717, 1.165) is 16.8 Å². The van der Waals surface area contributed by atoms with Crippen LogP contribution in [0.3, 0.4) is 0 Å². The van der Waals surface area contributed by atoms with E-state index in [2.05, 4.69) is 10.4 Å². The van der Waals surface area contributed by atoms with Crippen LogP contribution < -0.4 is 10.2 Å². The molecule has 1 aromatic carbocycles. The first-order valence-corrected chi connectivity index (χ1v) is 8.03. The molecule has 3 heterocycles. The number of amides is 2. The second kappa shape index (κ2) is 4.47. The summed E-state index contributed by atoms with van der Waals surface area (Å²) in [5.41, 5.74) is 1.23. The second-order valence-corrected chi connectivity index (χ2v) is 7.50. The molecule has 1 atom stereocenters. The number of hydrogen-bond acceptors (Lipinski definition) is 3. The molecule has 0 aliphatic carbocycles. The highest BCUT2D eigenvalue weighted by atomic mass is 16.2. The molecule has 1 N–H and O–H groups in total. The van der Waals surface area contributed by atoms with Crippen molar-refractivity contribution >= 4 is 23.3 Å². The van der Waals surface area contributed by atoms with Crippen LogP contribution in [0.1, 0.15) is 38.3 Å². The molecule has 124 valence electrons. The van der Waals surface area contributed by atoms with Gasteiger partial charge in [-0.3, -0.25) is 9.59 Å². The summed E-state index contributed by atoms with van der Waals surface area (Å²) in [4.78, 5) is 27.4. The van der Waals surface area contributed by atoms with E-state index in [9.17, 15) is 9.59 Å². The van der Waals surface area contributed by atoms with Gasteiger partial charge in [0.2, 0.25) is 11.8 Å². The van der Waals surface area contributed by atoms with Gasteiger partial charge in [0, 0.05) is 24.7 Å². The summed E-state index contributed by atoms with van der Waals surface area (Å²) >= 11 is 0. The van der Waals surface area contributed by atoms with Crippen molar-refractivity contribution in [3.8, 4) is 0 Å². The molecule has 2 aliphatic rings. The number of rotatable bonds is 0. The Balaban J connectivity index is 2.04. The fraction of sp³-hybridized carbons (Fsp3) is 0.389. The van der Waals surface area contributed by atoms with Gasteiger partial charge in [-0.1, -0.05) is 18.2 Å². The smallest absolute Gasteiger partial charge is 0.242 e. The van der Waals surface area contributed by atoms with Gasteiger partial charge in [0.05, 0.1) is 11.7 Å². The Hall–Kier alpha value is -2.63. The Labute approximate surface area is 140 Å². The number of carbonyl (C=O) groups excluding carboxylic acids is 2. The fourth-order valence-electron chi connectivity index (χ4n) is 3.87. The number of nitrogens with one attached hydrogen (secondary N) is 1. The van der Waals surface area contributed by atoms with Crippen molar-refractivity contribution < 1.29 is 9.59 Å². The van der Waals surface area contributed by atoms with Crippen LogP contribution in [0.25, 0.3) is 0 Å². The Kier molecular flexibility index (Phi) is 2.78. The minimum atomic E-state index is -0.980. The van der Waals surface area contributed by atoms with Gasteiger partial charge in [0.1, 0.15) is 11.2 Å². The standard InChI is InChI=1S/C18H20N4O2/c1-17(2,3)22-15-12(10-19-22)18(9-14(23)20-15)11-7-5-6-8-13(11)21(4)16(18)24/h5-8,10H,9H2,1-4H3,(H,20,23). The third-order valence-electron chi connectivity index (χ3n) is 4.94. The normalized spacial score (nSPS) is 22.6.